The lowest BCUT2D eigenvalue weighted by Crippen LogP contribution is -2.29. The van der Waals surface area contributed by atoms with E-state index in [1.54, 1.807) is 6.20 Å². The molecular formula is C21H22N4O. The zero-order valence-electron chi connectivity index (χ0n) is 15.1. The van der Waals surface area contributed by atoms with Crippen molar-refractivity contribution in [2.45, 2.75) is 26.3 Å². The summed E-state index contributed by atoms with van der Waals surface area (Å²) in [6, 6.07) is 15.9. The van der Waals surface area contributed by atoms with E-state index in [1.807, 2.05) is 54.3 Å². The average molecular weight is 346 g/mol. The third-order valence-electron chi connectivity index (χ3n) is 4.91. The van der Waals surface area contributed by atoms with E-state index in [0.717, 1.165) is 35.6 Å². The van der Waals surface area contributed by atoms with Crippen LogP contribution < -0.4 is 0 Å². The topological polar surface area (TPSA) is 51.0 Å². The first-order chi connectivity index (χ1) is 12.6. The molecular weight excluding hydrogens is 324 g/mol. The second kappa shape index (κ2) is 6.75. The molecule has 0 bridgehead atoms. The second-order valence-corrected chi connectivity index (χ2v) is 6.86. The predicted molar refractivity (Wildman–Crippen MR) is 101 cm³/mol. The summed E-state index contributed by atoms with van der Waals surface area (Å²) < 4.78 is 2.06. The van der Waals surface area contributed by atoms with E-state index in [9.17, 15) is 4.79 Å². The molecule has 132 valence electrons. The van der Waals surface area contributed by atoms with E-state index in [0.29, 0.717) is 12.1 Å². The number of aromatic nitrogens is 3. The minimum absolute atomic E-state index is 0.0758. The third-order valence-corrected chi connectivity index (χ3v) is 4.91. The Balaban J connectivity index is 1.53. The molecule has 1 fully saturated rings. The molecule has 1 saturated heterocycles. The van der Waals surface area contributed by atoms with Gasteiger partial charge in [-0.15, -0.1) is 0 Å². The fourth-order valence-corrected chi connectivity index (χ4v) is 3.67. The van der Waals surface area contributed by atoms with Gasteiger partial charge in [-0.3, -0.25) is 14.5 Å². The van der Waals surface area contributed by atoms with Crippen LogP contribution in [-0.2, 0) is 0 Å². The molecule has 5 heteroatoms. The number of amides is 1. The number of hydrogen-bond donors (Lipinski definition) is 0. The van der Waals surface area contributed by atoms with Crippen molar-refractivity contribution < 1.29 is 4.79 Å². The maximum atomic E-state index is 13.0. The van der Waals surface area contributed by atoms with Crippen LogP contribution in [0.3, 0.4) is 0 Å². The van der Waals surface area contributed by atoms with E-state index in [1.165, 1.54) is 0 Å². The summed E-state index contributed by atoms with van der Waals surface area (Å²) in [5.74, 6) is 0.0758. The molecule has 0 radical (unpaired) electrons. The number of likely N-dealkylation sites (tertiary alicyclic amines) is 1. The molecule has 3 heterocycles. The van der Waals surface area contributed by atoms with Crippen molar-refractivity contribution in [1.82, 2.24) is 19.7 Å². The van der Waals surface area contributed by atoms with Crippen molar-refractivity contribution in [2.75, 3.05) is 13.1 Å². The SMILES string of the molecule is Cc1cc(C)n([C@@H]2CCN(C(=O)c3cccc(-c4ccccn4)c3)C2)n1. The van der Waals surface area contributed by atoms with Crippen molar-refractivity contribution in [3.63, 3.8) is 0 Å². The highest BCUT2D eigenvalue weighted by Crippen LogP contribution is 2.25. The van der Waals surface area contributed by atoms with Crippen molar-refractivity contribution >= 4 is 5.91 Å². The molecule has 1 atom stereocenters. The van der Waals surface area contributed by atoms with Crippen LogP contribution >= 0.6 is 0 Å². The van der Waals surface area contributed by atoms with Crippen LogP contribution in [0.2, 0.25) is 0 Å². The summed E-state index contributed by atoms with van der Waals surface area (Å²) in [5.41, 5.74) is 4.73. The number of aryl methyl sites for hydroxylation is 2. The zero-order valence-corrected chi connectivity index (χ0v) is 15.1. The van der Waals surface area contributed by atoms with Gasteiger partial charge in [-0.25, -0.2) is 0 Å². The lowest BCUT2D eigenvalue weighted by Gasteiger charge is -2.18. The summed E-state index contributed by atoms with van der Waals surface area (Å²) in [4.78, 5) is 19.3. The first kappa shape index (κ1) is 16.5. The predicted octanol–water partition coefficient (Wildman–Crippen LogP) is 3.65. The van der Waals surface area contributed by atoms with Crippen molar-refractivity contribution in [1.29, 1.82) is 0 Å². The minimum atomic E-state index is 0.0758. The summed E-state index contributed by atoms with van der Waals surface area (Å²) in [6.07, 6.45) is 2.71. The molecule has 0 N–H and O–H groups in total. The van der Waals surface area contributed by atoms with Gasteiger partial charge in [-0.2, -0.15) is 5.10 Å². The Morgan fingerprint density at radius 3 is 2.73 bits per heavy atom. The number of hydrogen-bond acceptors (Lipinski definition) is 3. The van der Waals surface area contributed by atoms with Gasteiger partial charge in [0, 0.05) is 36.1 Å². The molecule has 5 nitrogen and oxygen atoms in total. The summed E-state index contributed by atoms with van der Waals surface area (Å²) in [7, 11) is 0. The molecule has 3 aromatic rings. The van der Waals surface area contributed by atoms with Crippen LogP contribution in [-0.4, -0.2) is 38.7 Å². The molecule has 4 rings (SSSR count). The molecule has 0 aliphatic carbocycles. The summed E-state index contributed by atoms with van der Waals surface area (Å²) >= 11 is 0. The highest BCUT2D eigenvalue weighted by molar-refractivity contribution is 5.95. The van der Waals surface area contributed by atoms with Crippen molar-refractivity contribution in [2.24, 2.45) is 0 Å². The van der Waals surface area contributed by atoms with Gasteiger partial charge in [0.15, 0.2) is 0 Å². The standard InChI is InChI=1S/C21H22N4O/c1-15-12-16(2)25(23-15)19-9-11-24(14-19)21(26)18-7-5-6-17(13-18)20-8-3-4-10-22-20/h3-8,10,12-13,19H,9,11,14H2,1-2H3/t19-/m1/s1. The van der Waals surface area contributed by atoms with Crippen LogP contribution in [0.4, 0.5) is 0 Å². The van der Waals surface area contributed by atoms with Gasteiger partial charge >= 0.3 is 0 Å². The number of carbonyl (C=O) groups is 1. The first-order valence-electron chi connectivity index (χ1n) is 8.95. The van der Waals surface area contributed by atoms with E-state index in [2.05, 4.69) is 27.8 Å². The Morgan fingerprint density at radius 2 is 2.00 bits per heavy atom. The van der Waals surface area contributed by atoms with Gasteiger partial charge in [0.2, 0.25) is 0 Å². The lowest BCUT2D eigenvalue weighted by molar-refractivity contribution is 0.0787. The van der Waals surface area contributed by atoms with Crippen LogP contribution in [0, 0.1) is 13.8 Å². The van der Waals surface area contributed by atoms with Crippen molar-refractivity contribution in [3.05, 3.63) is 71.7 Å². The summed E-state index contributed by atoms with van der Waals surface area (Å²) in [6.45, 7) is 5.54. The van der Waals surface area contributed by atoms with Crippen LogP contribution in [0.5, 0.6) is 0 Å². The van der Waals surface area contributed by atoms with E-state index in [4.69, 9.17) is 0 Å². The normalized spacial score (nSPS) is 16.8. The van der Waals surface area contributed by atoms with E-state index >= 15 is 0 Å². The fraction of sp³-hybridized carbons (Fsp3) is 0.286. The Bertz CT molecular complexity index is 932. The van der Waals surface area contributed by atoms with Gasteiger partial charge < -0.3 is 4.90 Å². The molecule has 2 aromatic heterocycles. The Labute approximate surface area is 153 Å². The molecule has 1 aliphatic heterocycles. The smallest absolute Gasteiger partial charge is 0.253 e. The van der Waals surface area contributed by atoms with Gasteiger partial charge in [0.25, 0.3) is 5.91 Å². The van der Waals surface area contributed by atoms with Crippen molar-refractivity contribution in [3.8, 4) is 11.3 Å². The largest absolute Gasteiger partial charge is 0.336 e. The van der Waals surface area contributed by atoms with Gasteiger partial charge in [-0.1, -0.05) is 18.2 Å². The number of carbonyl (C=O) groups excluding carboxylic acids is 1. The van der Waals surface area contributed by atoms with E-state index in [-0.39, 0.29) is 11.9 Å². The van der Waals surface area contributed by atoms with Gasteiger partial charge in [0.1, 0.15) is 0 Å². The van der Waals surface area contributed by atoms with Crippen LogP contribution in [0.1, 0.15) is 34.2 Å². The molecule has 0 saturated carbocycles. The fourth-order valence-electron chi connectivity index (χ4n) is 3.67. The molecule has 1 amide bonds. The molecule has 0 spiro atoms. The van der Waals surface area contributed by atoms with Gasteiger partial charge in [-0.05, 0) is 50.6 Å². The quantitative estimate of drug-likeness (QED) is 0.727. The highest BCUT2D eigenvalue weighted by atomic mass is 16.2. The Morgan fingerprint density at radius 1 is 1.12 bits per heavy atom. The number of pyridine rings is 1. The number of rotatable bonds is 3. The average Bonchev–Trinajstić information content (AvgIpc) is 3.28. The Hall–Kier alpha value is -2.95. The van der Waals surface area contributed by atoms with E-state index < -0.39 is 0 Å². The summed E-state index contributed by atoms with van der Waals surface area (Å²) in [5, 5.41) is 4.58. The molecule has 1 aromatic carbocycles. The van der Waals surface area contributed by atoms with Gasteiger partial charge in [0.05, 0.1) is 17.4 Å². The zero-order chi connectivity index (χ0) is 18.1. The highest BCUT2D eigenvalue weighted by Gasteiger charge is 2.29. The molecule has 0 unspecified atom stereocenters. The first-order valence-corrected chi connectivity index (χ1v) is 8.95. The molecule has 1 aliphatic rings. The second-order valence-electron chi connectivity index (χ2n) is 6.86. The lowest BCUT2D eigenvalue weighted by atomic mass is 10.1. The maximum absolute atomic E-state index is 13.0. The number of benzene rings is 1. The number of nitrogens with zero attached hydrogens (tertiary/aromatic N) is 4. The van der Waals surface area contributed by atoms with Crippen LogP contribution in [0.25, 0.3) is 11.3 Å². The Kier molecular flexibility index (Phi) is 4.29. The monoisotopic (exact) mass is 346 g/mol. The third kappa shape index (κ3) is 3.12. The minimum Gasteiger partial charge on any atom is -0.336 e. The maximum Gasteiger partial charge on any atom is 0.253 e. The van der Waals surface area contributed by atoms with Crippen LogP contribution in [0.15, 0.2) is 54.7 Å². The molecule has 26 heavy (non-hydrogen) atoms.